The van der Waals surface area contributed by atoms with Crippen LogP contribution in [-0.2, 0) is 4.79 Å². The second-order valence-electron chi connectivity index (χ2n) is 4.50. The summed E-state index contributed by atoms with van der Waals surface area (Å²) in [6, 6.07) is 13.6. The second-order valence-corrected chi connectivity index (χ2v) is 4.50. The average molecular weight is 299 g/mol. The van der Waals surface area contributed by atoms with Crippen molar-refractivity contribution in [2.75, 3.05) is 11.9 Å². The molecule has 0 atom stereocenters. The molecule has 0 aliphatic heterocycles. The number of hydrogen-bond acceptors (Lipinski definition) is 4. The molecule has 2 rings (SSSR count). The highest BCUT2D eigenvalue weighted by Crippen LogP contribution is 2.24. The van der Waals surface area contributed by atoms with E-state index in [2.05, 4.69) is 5.32 Å². The van der Waals surface area contributed by atoms with Crippen LogP contribution in [0.15, 0.2) is 48.5 Å². The van der Waals surface area contributed by atoms with Crippen LogP contribution in [0.2, 0.25) is 0 Å². The van der Waals surface area contributed by atoms with Crippen LogP contribution in [0, 0.1) is 0 Å². The fourth-order valence-electron chi connectivity index (χ4n) is 1.91. The SMILES string of the molecule is CCOc1ccccc1NC(=O)c1cccc(OC(C)=O)c1. The highest BCUT2D eigenvalue weighted by atomic mass is 16.5. The standard InChI is InChI=1S/C17H17NO4/c1-3-21-16-10-5-4-9-15(16)18-17(20)13-7-6-8-14(11-13)22-12(2)19/h4-11H,3H2,1-2H3,(H,18,20). The van der Waals surface area contributed by atoms with Gasteiger partial charge in [0.05, 0.1) is 12.3 Å². The number of hydrogen-bond donors (Lipinski definition) is 1. The van der Waals surface area contributed by atoms with Gasteiger partial charge in [-0.3, -0.25) is 9.59 Å². The van der Waals surface area contributed by atoms with Crippen molar-refractivity contribution in [3.63, 3.8) is 0 Å². The van der Waals surface area contributed by atoms with E-state index in [1.807, 2.05) is 19.1 Å². The zero-order valence-corrected chi connectivity index (χ0v) is 12.5. The number of para-hydroxylation sites is 2. The first-order valence-corrected chi connectivity index (χ1v) is 6.92. The summed E-state index contributed by atoms with van der Waals surface area (Å²) in [7, 11) is 0. The van der Waals surface area contributed by atoms with Crippen LogP contribution in [0.3, 0.4) is 0 Å². The largest absolute Gasteiger partial charge is 0.492 e. The van der Waals surface area contributed by atoms with Gasteiger partial charge in [0.2, 0.25) is 0 Å². The highest BCUT2D eigenvalue weighted by Gasteiger charge is 2.11. The van der Waals surface area contributed by atoms with Gasteiger partial charge in [0.1, 0.15) is 11.5 Å². The van der Waals surface area contributed by atoms with Crippen molar-refractivity contribution >= 4 is 17.6 Å². The van der Waals surface area contributed by atoms with Gasteiger partial charge < -0.3 is 14.8 Å². The third-order valence-electron chi connectivity index (χ3n) is 2.79. The van der Waals surface area contributed by atoms with E-state index in [-0.39, 0.29) is 5.91 Å². The lowest BCUT2D eigenvalue weighted by Crippen LogP contribution is -2.13. The number of benzene rings is 2. The molecule has 1 N–H and O–H groups in total. The predicted molar refractivity (Wildman–Crippen MR) is 83.3 cm³/mol. The minimum Gasteiger partial charge on any atom is -0.492 e. The monoisotopic (exact) mass is 299 g/mol. The van der Waals surface area contributed by atoms with Gasteiger partial charge in [-0.25, -0.2) is 0 Å². The fraction of sp³-hybridized carbons (Fsp3) is 0.176. The van der Waals surface area contributed by atoms with E-state index in [1.54, 1.807) is 30.3 Å². The van der Waals surface area contributed by atoms with Crippen molar-refractivity contribution in [3.05, 3.63) is 54.1 Å². The molecule has 0 heterocycles. The van der Waals surface area contributed by atoms with Gasteiger partial charge in [-0.2, -0.15) is 0 Å². The van der Waals surface area contributed by atoms with Gasteiger partial charge in [-0.1, -0.05) is 18.2 Å². The van der Waals surface area contributed by atoms with E-state index in [0.29, 0.717) is 29.4 Å². The number of esters is 1. The molecule has 0 saturated carbocycles. The Morgan fingerprint density at radius 2 is 1.86 bits per heavy atom. The number of amides is 1. The molecule has 5 nitrogen and oxygen atoms in total. The molecule has 0 aliphatic carbocycles. The van der Waals surface area contributed by atoms with Crippen molar-refractivity contribution in [1.29, 1.82) is 0 Å². The summed E-state index contributed by atoms with van der Waals surface area (Å²) in [5.41, 5.74) is 0.984. The maximum absolute atomic E-state index is 12.3. The maximum atomic E-state index is 12.3. The van der Waals surface area contributed by atoms with Crippen LogP contribution in [0.4, 0.5) is 5.69 Å². The minimum absolute atomic E-state index is 0.304. The first-order valence-electron chi connectivity index (χ1n) is 6.92. The number of carbonyl (C=O) groups excluding carboxylic acids is 2. The molecule has 0 radical (unpaired) electrons. The Labute approximate surface area is 128 Å². The van der Waals surface area contributed by atoms with Crippen molar-refractivity contribution < 1.29 is 19.1 Å². The molecule has 1 amide bonds. The Bertz CT molecular complexity index is 682. The Morgan fingerprint density at radius 1 is 1.09 bits per heavy atom. The van der Waals surface area contributed by atoms with Gasteiger partial charge >= 0.3 is 5.97 Å². The molecule has 0 bridgehead atoms. The molecule has 0 aromatic heterocycles. The molecule has 0 fully saturated rings. The fourth-order valence-corrected chi connectivity index (χ4v) is 1.91. The Kier molecular flexibility index (Phi) is 5.14. The zero-order chi connectivity index (χ0) is 15.9. The topological polar surface area (TPSA) is 64.6 Å². The molecular formula is C17H17NO4. The van der Waals surface area contributed by atoms with Crippen molar-refractivity contribution in [3.8, 4) is 11.5 Å². The summed E-state index contributed by atoms with van der Waals surface area (Å²) >= 11 is 0. The molecule has 5 heteroatoms. The molecule has 0 aliphatic rings. The highest BCUT2D eigenvalue weighted by molar-refractivity contribution is 6.05. The first kappa shape index (κ1) is 15.6. The first-order chi connectivity index (χ1) is 10.6. The van der Waals surface area contributed by atoms with E-state index in [0.717, 1.165) is 0 Å². The quantitative estimate of drug-likeness (QED) is 0.680. The molecule has 0 spiro atoms. The predicted octanol–water partition coefficient (Wildman–Crippen LogP) is 3.26. The van der Waals surface area contributed by atoms with Crippen LogP contribution in [0.1, 0.15) is 24.2 Å². The lowest BCUT2D eigenvalue weighted by atomic mass is 10.2. The summed E-state index contributed by atoms with van der Waals surface area (Å²) in [5, 5.41) is 2.79. The number of rotatable bonds is 5. The lowest BCUT2D eigenvalue weighted by Gasteiger charge is -2.11. The third-order valence-corrected chi connectivity index (χ3v) is 2.79. The van der Waals surface area contributed by atoms with Crippen molar-refractivity contribution in [2.45, 2.75) is 13.8 Å². The van der Waals surface area contributed by atoms with Crippen molar-refractivity contribution in [1.82, 2.24) is 0 Å². The average Bonchev–Trinajstić information content (AvgIpc) is 2.49. The molecule has 114 valence electrons. The van der Waals surface area contributed by atoms with E-state index < -0.39 is 5.97 Å². The van der Waals surface area contributed by atoms with Crippen LogP contribution in [0.25, 0.3) is 0 Å². The van der Waals surface area contributed by atoms with Gasteiger partial charge in [-0.15, -0.1) is 0 Å². The van der Waals surface area contributed by atoms with Crippen LogP contribution in [-0.4, -0.2) is 18.5 Å². The van der Waals surface area contributed by atoms with Crippen LogP contribution < -0.4 is 14.8 Å². The minimum atomic E-state index is -0.431. The number of nitrogens with one attached hydrogen (secondary N) is 1. The van der Waals surface area contributed by atoms with Crippen LogP contribution >= 0.6 is 0 Å². The zero-order valence-electron chi connectivity index (χ0n) is 12.5. The molecule has 22 heavy (non-hydrogen) atoms. The third kappa shape index (κ3) is 4.09. The van der Waals surface area contributed by atoms with E-state index in [1.165, 1.54) is 13.0 Å². The summed E-state index contributed by atoms with van der Waals surface area (Å²) in [6.07, 6.45) is 0. The van der Waals surface area contributed by atoms with Gasteiger partial charge in [0.25, 0.3) is 5.91 Å². The smallest absolute Gasteiger partial charge is 0.308 e. The molecule has 2 aromatic rings. The van der Waals surface area contributed by atoms with E-state index in [9.17, 15) is 9.59 Å². The van der Waals surface area contributed by atoms with Gasteiger partial charge in [0.15, 0.2) is 0 Å². The summed E-state index contributed by atoms with van der Waals surface area (Å²) in [5.74, 6) is 0.202. The maximum Gasteiger partial charge on any atom is 0.308 e. The molecule has 0 saturated heterocycles. The molecule has 0 unspecified atom stereocenters. The van der Waals surface area contributed by atoms with E-state index >= 15 is 0 Å². The molecular weight excluding hydrogens is 282 g/mol. The second kappa shape index (κ2) is 7.26. The Balaban J connectivity index is 2.17. The van der Waals surface area contributed by atoms with E-state index in [4.69, 9.17) is 9.47 Å². The normalized spacial score (nSPS) is 9.91. The Hall–Kier alpha value is -2.82. The molecule has 2 aromatic carbocycles. The number of anilines is 1. The van der Waals surface area contributed by atoms with Crippen LogP contribution in [0.5, 0.6) is 11.5 Å². The van der Waals surface area contributed by atoms with Gasteiger partial charge in [0, 0.05) is 12.5 Å². The number of carbonyl (C=O) groups is 2. The number of ether oxygens (including phenoxy) is 2. The lowest BCUT2D eigenvalue weighted by molar-refractivity contribution is -0.131. The summed E-state index contributed by atoms with van der Waals surface area (Å²) in [6.45, 7) is 3.70. The van der Waals surface area contributed by atoms with Gasteiger partial charge in [-0.05, 0) is 37.3 Å². The summed E-state index contributed by atoms with van der Waals surface area (Å²) < 4.78 is 10.4. The summed E-state index contributed by atoms with van der Waals surface area (Å²) in [4.78, 5) is 23.3. The van der Waals surface area contributed by atoms with Crippen molar-refractivity contribution in [2.24, 2.45) is 0 Å². The Morgan fingerprint density at radius 3 is 2.59 bits per heavy atom.